The van der Waals surface area contributed by atoms with Gasteiger partial charge in [-0.2, -0.15) is 0 Å². The molecule has 1 rings (SSSR count). The summed E-state index contributed by atoms with van der Waals surface area (Å²) in [6.07, 6.45) is 0.623. The zero-order valence-corrected chi connectivity index (χ0v) is 10.6. The Bertz CT molecular complexity index is 357. The molecule has 0 spiro atoms. The Morgan fingerprint density at radius 1 is 1.50 bits per heavy atom. The molecule has 1 heterocycles. The summed E-state index contributed by atoms with van der Waals surface area (Å²) in [4.78, 5) is 35.7. The lowest BCUT2D eigenvalue weighted by Crippen LogP contribution is -2.62. The van der Waals surface area contributed by atoms with Crippen molar-refractivity contribution < 1.29 is 23.9 Å². The van der Waals surface area contributed by atoms with Crippen LogP contribution in [0, 0.1) is 0 Å². The zero-order valence-electron chi connectivity index (χ0n) is 10.6. The number of nitrogens with zero attached hydrogens (tertiary/aromatic N) is 1. The molecule has 0 aromatic rings. The van der Waals surface area contributed by atoms with Crippen LogP contribution in [-0.2, 0) is 23.9 Å². The van der Waals surface area contributed by atoms with E-state index < -0.39 is 17.6 Å². The molecule has 1 atom stereocenters. The molecule has 102 valence electrons. The topological polar surface area (TPSA) is 98.9 Å². The third kappa shape index (κ3) is 3.27. The van der Waals surface area contributed by atoms with Crippen LogP contribution in [0.5, 0.6) is 0 Å². The molecule has 7 heteroatoms. The van der Waals surface area contributed by atoms with E-state index in [4.69, 9.17) is 15.2 Å². The maximum Gasteiger partial charge on any atom is 0.304 e. The number of methoxy groups -OCH3 is 1. The fourth-order valence-corrected chi connectivity index (χ4v) is 1.82. The number of hydrogen-bond acceptors (Lipinski definition) is 6. The van der Waals surface area contributed by atoms with Crippen molar-refractivity contribution in [2.24, 2.45) is 5.73 Å². The molecular weight excluding hydrogens is 240 g/mol. The van der Waals surface area contributed by atoms with Crippen LogP contribution in [0.1, 0.15) is 26.2 Å². The lowest BCUT2D eigenvalue weighted by molar-refractivity contribution is -0.180. The molecule has 0 saturated carbocycles. The van der Waals surface area contributed by atoms with Gasteiger partial charge in [0.1, 0.15) is 0 Å². The third-order valence-electron chi connectivity index (χ3n) is 2.67. The van der Waals surface area contributed by atoms with Gasteiger partial charge in [-0.25, -0.2) is 0 Å². The minimum absolute atomic E-state index is 0.0189. The van der Waals surface area contributed by atoms with Crippen LogP contribution >= 0.6 is 0 Å². The lowest BCUT2D eigenvalue weighted by atomic mass is 10.0. The van der Waals surface area contributed by atoms with Gasteiger partial charge in [-0.3, -0.25) is 25.0 Å². The molecule has 0 radical (unpaired) electrons. The van der Waals surface area contributed by atoms with Gasteiger partial charge in [0.25, 0.3) is 5.91 Å². The van der Waals surface area contributed by atoms with Gasteiger partial charge in [0.2, 0.25) is 11.6 Å². The summed E-state index contributed by atoms with van der Waals surface area (Å²) in [6.45, 7) is 1.82. The molecule has 18 heavy (non-hydrogen) atoms. The largest absolute Gasteiger partial charge is 0.435 e. The standard InChI is InChI=1S/C11H18N2O5/c1-8(14)18-11(12)5-4-9(15)13(10(11)16)6-3-7-17-2/h3-7,12H2,1-2H3. The first kappa shape index (κ1) is 14.6. The summed E-state index contributed by atoms with van der Waals surface area (Å²) in [5, 5.41) is 0. The molecule has 1 aliphatic rings. The Morgan fingerprint density at radius 3 is 2.72 bits per heavy atom. The van der Waals surface area contributed by atoms with E-state index in [0.29, 0.717) is 13.0 Å². The highest BCUT2D eigenvalue weighted by atomic mass is 16.6. The van der Waals surface area contributed by atoms with Crippen molar-refractivity contribution in [1.82, 2.24) is 4.90 Å². The van der Waals surface area contributed by atoms with Crippen LogP contribution in [-0.4, -0.2) is 48.7 Å². The van der Waals surface area contributed by atoms with E-state index in [-0.39, 0.29) is 25.3 Å². The van der Waals surface area contributed by atoms with E-state index in [9.17, 15) is 14.4 Å². The van der Waals surface area contributed by atoms with Crippen LogP contribution in [0.3, 0.4) is 0 Å². The number of imide groups is 1. The molecule has 1 unspecified atom stereocenters. The number of esters is 1. The van der Waals surface area contributed by atoms with Crippen LogP contribution in [0.4, 0.5) is 0 Å². The summed E-state index contributed by atoms with van der Waals surface area (Å²) >= 11 is 0. The highest BCUT2D eigenvalue weighted by molar-refractivity contribution is 6.02. The number of ether oxygens (including phenoxy) is 2. The van der Waals surface area contributed by atoms with Crippen molar-refractivity contribution in [3.8, 4) is 0 Å². The lowest BCUT2D eigenvalue weighted by Gasteiger charge is -2.36. The molecule has 0 aliphatic carbocycles. The van der Waals surface area contributed by atoms with Crippen molar-refractivity contribution in [1.29, 1.82) is 0 Å². The predicted octanol–water partition coefficient (Wildman–Crippen LogP) is -0.610. The van der Waals surface area contributed by atoms with Crippen molar-refractivity contribution in [3.05, 3.63) is 0 Å². The Balaban J connectivity index is 2.73. The van der Waals surface area contributed by atoms with Crippen molar-refractivity contribution in [3.63, 3.8) is 0 Å². The maximum atomic E-state index is 12.0. The Kier molecular flexibility index (Phi) is 4.80. The summed E-state index contributed by atoms with van der Waals surface area (Å²) in [6, 6.07) is 0. The fourth-order valence-electron chi connectivity index (χ4n) is 1.82. The smallest absolute Gasteiger partial charge is 0.304 e. The van der Waals surface area contributed by atoms with Gasteiger partial charge in [-0.1, -0.05) is 0 Å². The molecule has 0 aromatic carbocycles. The van der Waals surface area contributed by atoms with E-state index in [1.54, 1.807) is 0 Å². The van der Waals surface area contributed by atoms with E-state index in [1.807, 2.05) is 0 Å². The first-order chi connectivity index (χ1) is 8.40. The molecule has 1 saturated heterocycles. The zero-order chi connectivity index (χ0) is 13.8. The number of piperidine rings is 1. The van der Waals surface area contributed by atoms with Gasteiger partial charge in [-0.15, -0.1) is 0 Å². The first-order valence-electron chi connectivity index (χ1n) is 5.73. The van der Waals surface area contributed by atoms with Gasteiger partial charge in [0.15, 0.2) is 0 Å². The number of hydrogen-bond donors (Lipinski definition) is 1. The summed E-state index contributed by atoms with van der Waals surface area (Å²) in [7, 11) is 1.53. The van der Waals surface area contributed by atoms with E-state index in [2.05, 4.69) is 0 Å². The average Bonchev–Trinajstić information content (AvgIpc) is 2.28. The molecule has 0 bridgehead atoms. The van der Waals surface area contributed by atoms with Crippen molar-refractivity contribution in [2.45, 2.75) is 31.9 Å². The van der Waals surface area contributed by atoms with E-state index in [0.717, 1.165) is 4.90 Å². The summed E-state index contributed by atoms with van der Waals surface area (Å²) in [5.41, 5.74) is 4.03. The summed E-state index contributed by atoms with van der Waals surface area (Å²) in [5.74, 6) is -1.61. The van der Waals surface area contributed by atoms with Crippen molar-refractivity contribution >= 4 is 17.8 Å². The fraction of sp³-hybridized carbons (Fsp3) is 0.727. The van der Waals surface area contributed by atoms with Crippen LogP contribution in [0.15, 0.2) is 0 Å². The van der Waals surface area contributed by atoms with Gasteiger partial charge in [0, 0.05) is 40.0 Å². The second kappa shape index (κ2) is 5.92. The second-order valence-corrected chi connectivity index (χ2v) is 4.18. The predicted molar refractivity (Wildman–Crippen MR) is 61.1 cm³/mol. The molecular formula is C11H18N2O5. The van der Waals surface area contributed by atoms with Crippen LogP contribution in [0.2, 0.25) is 0 Å². The summed E-state index contributed by atoms with van der Waals surface area (Å²) < 4.78 is 9.69. The van der Waals surface area contributed by atoms with Gasteiger partial charge in [0.05, 0.1) is 0 Å². The number of amides is 2. The Hall–Kier alpha value is -1.47. The molecule has 2 amide bonds. The molecule has 7 nitrogen and oxygen atoms in total. The molecule has 2 N–H and O–H groups in total. The number of nitrogens with two attached hydrogens (primary N) is 1. The van der Waals surface area contributed by atoms with Crippen LogP contribution in [0.25, 0.3) is 0 Å². The Labute approximate surface area is 105 Å². The highest BCUT2D eigenvalue weighted by Crippen LogP contribution is 2.23. The quantitative estimate of drug-likeness (QED) is 0.306. The molecule has 1 aliphatic heterocycles. The van der Waals surface area contributed by atoms with Crippen molar-refractivity contribution in [2.75, 3.05) is 20.3 Å². The third-order valence-corrected chi connectivity index (χ3v) is 2.67. The van der Waals surface area contributed by atoms with E-state index >= 15 is 0 Å². The monoisotopic (exact) mass is 258 g/mol. The number of likely N-dealkylation sites (tertiary alicyclic amines) is 1. The molecule has 0 aromatic heterocycles. The normalized spacial score (nSPS) is 24.3. The maximum absolute atomic E-state index is 12.0. The number of rotatable bonds is 5. The minimum Gasteiger partial charge on any atom is -0.435 e. The minimum atomic E-state index is -1.72. The van der Waals surface area contributed by atoms with Crippen LogP contribution < -0.4 is 5.73 Å². The highest BCUT2D eigenvalue weighted by Gasteiger charge is 2.46. The number of carbonyl (C=O) groups is 3. The Morgan fingerprint density at radius 2 is 2.17 bits per heavy atom. The van der Waals surface area contributed by atoms with Gasteiger partial charge >= 0.3 is 5.97 Å². The molecule has 1 fully saturated rings. The average molecular weight is 258 g/mol. The number of carbonyl (C=O) groups excluding carboxylic acids is 3. The SMILES string of the molecule is COCCCN1C(=O)CCC(N)(OC(C)=O)C1=O. The second-order valence-electron chi connectivity index (χ2n) is 4.18. The first-order valence-corrected chi connectivity index (χ1v) is 5.73. The van der Waals surface area contributed by atoms with Gasteiger partial charge < -0.3 is 9.47 Å². The van der Waals surface area contributed by atoms with E-state index in [1.165, 1.54) is 14.0 Å². The van der Waals surface area contributed by atoms with Gasteiger partial charge in [-0.05, 0) is 6.42 Å².